The first-order valence-electron chi connectivity index (χ1n) is 2.56. The van der Waals surface area contributed by atoms with Crippen LogP contribution in [-0.2, 0) is 0 Å². The molecule has 1 heterocycles. The molecule has 0 atom stereocenters. The third-order valence-electron chi connectivity index (χ3n) is 1.12. The minimum absolute atomic E-state index is 0.0671. The first kappa shape index (κ1) is 6.15. The highest BCUT2D eigenvalue weighted by atomic mass is 16.6. The van der Waals surface area contributed by atoms with Crippen molar-refractivity contribution in [1.82, 2.24) is 4.90 Å². The largest absolute Gasteiger partial charge is 0.358 e. The Morgan fingerprint density at radius 1 is 1.89 bits per heavy atom. The van der Waals surface area contributed by atoms with Crippen molar-refractivity contribution >= 4 is 5.84 Å². The number of likely N-dealkylation sites (N-methyl/N-ethyl adjacent to an activating group) is 1. The van der Waals surface area contributed by atoms with E-state index in [-0.39, 0.29) is 5.84 Å². The summed E-state index contributed by atoms with van der Waals surface area (Å²) >= 11 is 0. The molecule has 0 spiro atoms. The Labute approximate surface area is 52.1 Å². The van der Waals surface area contributed by atoms with Crippen LogP contribution in [0.15, 0.2) is 4.99 Å². The normalized spacial score (nSPS) is 19.9. The van der Waals surface area contributed by atoms with Crippen molar-refractivity contribution in [2.24, 2.45) is 4.99 Å². The van der Waals surface area contributed by atoms with E-state index >= 15 is 0 Å². The van der Waals surface area contributed by atoms with Gasteiger partial charge in [-0.3, -0.25) is 4.90 Å². The van der Waals surface area contributed by atoms with Gasteiger partial charge in [-0.15, -0.1) is 0 Å². The minimum Gasteiger partial charge on any atom is -0.358 e. The first-order chi connectivity index (χ1) is 4.20. The highest BCUT2D eigenvalue weighted by molar-refractivity contribution is 5.77. The summed E-state index contributed by atoms with van der Waals surface area (Å²) in [4.78, 5) is 15.0. The van der Waals surface area contributed by atoms with Crippen molar-refractivity contribution in [2.75, 3.05) is 20.3 Å². The molecular weight excluding hydrogens is 122 g/mol. The number of hydrogen-bond acceptors (Lipinski definition) is 4. The molecular formula is C4H7N3O2. The molecule has 0 aromatic heterocycles. The van der Waals surface area contributed by atoms with Crippen molar-refractivity contribution in [3.05, 3.63) is 10.1 Å². The lowest BCUT2D eigenvalue weighted by atomic mass is 10.6. The number of nitro groups is 1. The van der Waals surface area contributed by atoms with Crippen LogP contribution in [0.2, 0.25) is 0 Å². The molecule has 1 aliphatic rings. The van der Waals surface area contributed by atoms with E-state index in [9.17, 15) is 10.1 Å². The van der Waals surface area contributed by atoms with E-state index in [1.54, 1.807) is 11.9 Å². The van der Waals surface area contributed by atoms with Gasteiger partial charge in [-0.05, 0) is 12.0 Å². The van der Waals surface area contributed by atoms with Crippen LogP contribution in [0.25, 0.3) is 0 Å². The summed E-state index contributed by atoms with van der Waals surface area (Å²) in [6.45, 7) is 0.823. The van der Waals surface area contributed by atoms with Crippen molar-refractivity contribution < 1.29 is 4.92 Å². The summed E-state index contributed by atoms with van der Waals surface area (Å²) in [5.41, 5.74) is 0. The second-order valence-corrected chi connectivity index (χ2v) is 1.99. The van der Waals surface area contributed by atoms with E-state index in [0.717, 1.165) is 0 Å². The van der Waals surface area contributed by atoms with Gasteiger partial charge in [-0.2, -0.15) is 0 Å². The van der Waals surface area contributed by atoms with Gasteiger partial charge in [-0.1, -0.05) is 4.99 Å². The number of amidine groups is 1. The topological polar surface area (TPSA) is 58.7 Å². The van der Waals surface area contributed by atoms with Gasteiger partial charge in [0.15, 0.2) is 6.67 Å². The molecule has 0 saturated heterocycles. The number of nitrogens with zero attached hydrogens (tertiary/aromatic N) is 3. The number of hydrogen-bond donors (Lipinski definition) is 0. The maximum atomic E-state index is 10.00. The molecule has 0 saturated carbocycles. The first-order valence-corrected chi connectivity index (χ1v) is 2.56. The second kappa shape index (κ2) is 2.10. The summed E-state index contributed by atoms with van der Waals surface area (Å²) in [5.74, 6) is 0.0671. The molecule has 5 heteroatoms. The predicted octanol–water partition coefficient (Wildman–Crippen LogP) is -0.435. The van der Waals surface area contributed by atoms with Crippen molar-refractivity contribution in [1.29, 1.82) is 0 Å². The highest BCUT2D eigenvalue weighted by Crippen LogP contribution is 1.96. The fourth-order valence-corrected chi connectivity index (χ4v) is 0.659. The SMILES string of the molecule is CN1CN=C([N+](=O)[O-])C1. The fourth-order valence-electron chi connectivity index (χ4n) is 0.659. The van der Waals surface area contributed by atoms with Gasteiger partial charge in [0.1, 0.15) is 6.54 Å². The van der Waals surface area contributed by atoms with Gasteiger partial charge in [0, 0.05) is 0 Å². The number of rotatable bonds is 0. The Kier molecular flexibility index (Phi) is 1.44. The average Bonchev–Trinajstić information content (AvgIpc) is 2.14. The lowest BCUT2D eigenvalue weighted by molar-refractivity contribution is -0.351. The molecule has 5 nitrogen and oxygen atoms in total. The molecule has 0 fully saturated rings. The van der Waals surface area contributed by atoms with Crippen LogP contribution in [0.5, 0.6) is 0 Å². The summed E-state index contributed by atoms with van der Waals surface area (Å²) in [5, 5.41) is 10.00. The van der Waals surface area contributed by atoms with Crippen LogP contribution in [0.4, 0.5) is 0 Å². The zero-order valence-corrected chi connectivity index (χ0v) is 5.07. The van der Waals surface area contributed by atoms with Crippen molar-refractivity contribution in [3.63, 3.8) is 0 Å². The van der Waals surface area contributed by atoms with E-state index in [2.05, 4.69) is 4.99 Å². The molecule has 1 rings (SSSR count). The van der Waals surface area contributed by atoms with Gasteiger partial charge in [-0.25, -0.2) is 0 Å². The third kappa shape index (κ3) is 1.23. The predicted molar refractivity (Wildman–Crippen MR) is 31.9 cm³/mol. The number of aliphatic imine (C=N–C) groups is 1. The van der Waals surface area contributed by atoms with E-state index < -0.39 is 4.92 Å². The average molecular weight is 129 g/mol. The van der Waals surface area contributed by atoms with Crippen molar-refractivity contribution in [2.45, 2.75) is 0 Å². The van der Waals surface area contributed by atoms with Gasteiger partial charge >= 0.3 is 5.84 Å². The van der Waals surface area contributed by atoms with Gasteiger partial charge in [0.2, 0.25) is 0 Å². The highest BCUT2D eigenvalue weighted by Gasteiger charge is 2.21. The van der Waals surface area contributed by atoms with Crippen LogP contribution in [-0.4, -0.2) is 35.9 Å². The standard InChI is InChI=1S/C4H7N3O2/c1-6-2-4(5-3-6)7(8)9/h2-3H2,1H3. The van der Waals surface area contributed by atoms with Gasteiger partial charge in [0.25, 0.3) is 0 Å². The van der Waals surface area contributed by atoms with Crippen LogP contribution in [0.3, 0.4) is 0 Å². The molecule has 1 aliphatic heterocycles. The van der Waals surface area contributed by atoms with Crippen LogP contribution < -0.4 is 0 Å². The fraction of sp³-hybridized carbons (Fsp3) is 0.750. The molecule has 0 N–H and O–H groups in total. The monoisotopic (exact) mass is 129 g/mol. The third-order valence-corrected chi connectivity index (χ3v) is 1.12. The Hall–Kier alpha value is -0.970. The molecule has 0 radical (unpaired) electrons. The summed E-state index contributed by atoms with van der Waals surface area (Å²) < 4.78 is 0. The van der Waals surface area contributed by atoms with E-state index in [1.807, 2.05) is 0 Å². The molecule has 0 amide bonds. The summed E-state index contributed by atoms with van der Waals surface area (Å²) in [6, 6.07) is 0. The zero-order valence-electron chi connectivity index (χ0n) is 5.07. The molecule has 0 aromatic rings. The molecule has 50 valence electrons. The summed E-state index contributed by atoms with van der Waals surface area (Å²) in [7, 11) is 1.79. The second-order valence-electron chi connectivity index (χ2n) is 1.99. The van der Waals surface area contributed by atoms with E-state index in [1.165, 1.54) is 0 Å². The van der Waals surface area contributed by atoms with E-state index in [4.69, 9.17) is 0 Å². The molecule has 0 aliphatic carbocycles. The van der Waals surface area contributed by atoms with Crippen LogP contribution in [0, 0.1) is 10.1 Å². The van der Waals surface area contributed by atoms with Crippen LogP contribution in [0.1, 0.15) is 0 Å². The van der Waals surface area contributed by atoms with Crippen LogP contribution >= 0.6 is 0 Å². The van der Waals surface area contributed by atoms with Gasteiger partial charge < -0.3 is 10.1 Å². The van der Waals surface area contributed by atoms with Crippen molar-refractivity contribution in [3.8, 4) is 0 Å². The Balaban J connectivity index is 2.55. The smallest absolute Gasteiger partial charge is 0.348 e. The van der Waals surface area contributed by atoms with E-state index in [0.29, 0.717) is 13.2 Å². The zero-order chi connectivity index (χ0) is 6.85. The lowest BCUT2D eigenvalue weighted by Crippen LogP contribution is -2.22. The van der Waals surface area contributed by atoms with Gasteiger partial charge in [0.05, 0.1) is 0 Å². The quantitative estimate of drug-likeness (QED) is 0.329. The summed E-state index contributed by atoms with van der Waals surface area (Å²) in [6.07, 6.45) is 0. The molecule has 9 heavy (non-hydrogen) atoms. The molecule has 0 bridgehead atoms. The maximum Gasteiger partial charge on any atom is 0.348 e. The lowest BCUT2D eigenvalue weighted by Gasteiger charge is -1.98. The Morgan fingerprint density at radius 3 is 2.78 bits per heavy atom. The molecule has 0 aromatic carbocycles. The maximum absolute atomic E-state index is 10.00. The Morgan fingerprint density at radius 2 is 2.56 bits per heavy atom. The minimum atomic E-state index is -0.441. The Bertz CT molecular complexity index is 165. The molecule has 0 unspecified atom stereocenters.